The minimum Gasteiger partial charge on any atom is -0.269 e. The van der Waals surface area contributed by atoms with E-state index in [9.17, 15) is 8.42 Å². The van der Waals surface area contributed by atoms with Gasteiger partial charge < -0.3 is 0 Å². The first kappa shape index (κ1) is 13.5. The zero-order chi connectivity index (χ0) is 14.2. The molecule has 0 aromatic heterocycles. The van der Waals surface area contributed by atoms with Crippen molar-refractivity contribution < 1.29 is 8.42 Å². The topological polar surface area (TPSA) is 37.4 Å². The van der Waals surface area contributed by atoms with Gasteiger partial charge in [-0.3, -0.25) is 4.31 Å². The van der Waals surface area contributed by atoms with Gasteiger partial charge in [-0.25, -0.2) is 8.42 Å². The van der Waals surface area contributed by atoms with Crippen molar-refractivity contribution in [3.8, 4) is 0 Å². The molecule has 0 saturated carbocycles. The van der Waals surface area contributed by atoms with Crippen LogP contribution in [0, 0.1) is 0 Å². The molecule has 1 aliphatic heterocycles. The molecule has 1 aliphatic rings. The van der Waals surface area contributed by atoms with Gasteiger partial charge in [0, 0.05) is 11.6 Å². The van der Waals surface area contributed by atoms with Crippen LogP contribution >= 0.6 is 11.6 Å². The average Bonchev–Trinajstić information content (AvgIpc) is 2.86. The molecule has 0 bridgehead atoms. The molecule has 2 aromatic carbocycles. The number of rotatable bonds is 3. The maximum absolute atomic E-state index is 12.6. The van der Waals surface area contributed by atoms with E-state index >= 15 is 0 Å². The molecule has 3 nitrogen and oxygen atoms in total. The summed E-state index contributed by atoms with van der Waals surface area (Å²) in [5.41, 5.74) is 2.51. The summed E-state index contributed by atoms with van der Waals surface area (Å²) in [7, 11) is -3.40. The van der Waals surface area contributed by atoms with Gasteiger partial charge in [0.2, 0.25) is 10.0 Å². The lowest BCUT2D eigenvalue weighted by atomic mass is 10.2. The molecule has 0 amide bonds. The summed E-state index contributed by atoms with van der Waals surface area (Å²) >= 11 is 6.05. The number of hydrogen-bond donors (Lipinski definition) is 0. The molecule has 20 heavy (non-hydrogen) atoms. The second-order valence-corrected chi connectivity index (χ2v) is 7.10. The Hall–Kier alpha value is -1.52. The summed E-state index contributed by atoms with van der Waals surface area (Å²) in [6.45, 7) is 0.506. The van der Waals surface area contributed by atoms with Crippen LogP contribution in [0.25, 0.3) is 0 Å². The molecule has 0 aliphatic carbocycles. The Morgan fingerprint density at radius 3 is 2.55 bits per heavy atom. The number of sulfonamides is 1. The molecule has 3 rings (SSSR count). The number of para-hydroxylation sites is 1. The van der Waals surface area contributed by atoms with Crippen LogP contribution in [0.4, 0.5) is 5.69 Å². The van der Waals surface area contributed by atoms with Gasteiger partial charge in [0.15, 0.2) is 0 Å². The molecule has 1 heterocycles. The van der Waals surface area contributed by atoms with Crippen LogP contribution < -0.4 is 4.31 Å². The van der Waals surface area contributed by atoms with Crippen molar-refractivity contribution in [2.45, 2.75) is 12.2 Å². The highest BCUT2D eigenvalue weighted by Gasteiger charge is 2.29. The van der Waals surface area contributed by atoms with Crippen LogP contribution in [-0.4, -0.2) is 15.0 Å². The zero-order valence-corrected chi connectivity index (χ0v) is 12.4. The molecular weight excluding hydrogens is 294 g/mol. The van der Waals surface area contributed by atoms with E-state index in [2.05, 4.69) is 0 Å². The Morgan fingerprint density at radius 1 is 1.05 bits per heavy atom. The number of benzene rings is 2. The van der Waals surface area contributed by atoms with Gasteiger partial charge in [-0.05, 0) is 29.7 Å². The maximum atomic E-state index is 12.6. The van der Waals surface area contributed by atoms with Crippen LogP contribution in [-0.2, 0) is 22.2 Å². The third kappa shape index (κ3) is 2.41. The third-order valence-corrected chi connectivity index (χ3v) is 5.57. The first-order valence-electron chi connectivity index (χ1n) is 6.40. The normalized spacial score (nSPS) is 14.3. The molecule has 0 saturated heterocycles. The van der Waals surface area contributed by atoms with Crippen LogP contribution in [0.3, 0.4) is 0 Å². The fourth-order valence-corrected chi connectivity index (χ4v) is 4.42. The van der Waals surface area contributed by atoms with Gasteiger partial charge in [-0.1, -0.05) is 48.0 Å². The van der Waals surface area contributed by atoms with Gasteiger partial charge in [0.25, 0.3) is 0 Å². The first-order valence-corrected chi connectivity index (χ1v) is 8.38. The minimum absolute atomic E-state index is 0.0684. The number of fused-ring (bicyclic) bond motifs is 1. The van der Waals surface area contributed by atoms with Crippen LogP contribution in [0.1, 0.15) is 11.1 Å². The van der Waals surface area contributed by atoms with E-state index < -0.39 is 10.0 Å². The molecule has 104 valence electrons. The molecule has 0 radical (unpaired) electrons. The smallest absolute Gasteiger partial charge is 0.239 e. The van der Waals surface area contributed by atoms with Crippen molar-refractivity contribution in [3.05, 3.63) is 64.7 Å². The predicted octanol–water partition coefficient (Wildman–Crippen LogP) is 3.23. The van der Waals surface area contributed by atoms with Crippen molar-refractivity contribution in [1.29, 1.82) is 0 Å². The molecule has 0 fully saturated rings. The fraction of sp³-hybridized carbons (Fsp3) is 0.200. The van der Waals surface area contributed by atoms with E-state index in [4.69, 9.17) is 11.6 Å². The van der Waals surface area contributed by atoms with E-state index in [1.807, 2.05) is 24.3 Å². The number of halogens is 1. The van der Waals surface area contributed by atoms with Crippen LogP contribution in [0.2, 0.25) is 5.02 Å². The lowest BCUT2D eigenvalue weighted by Crippen LogP contribution is -2.30. The monoisotopic (exact) mass is 307 g/mol. The predicted molar refractivity (Wildman–Crippen MR) is 81.6 cm³/mol. The summed E-state index contributed by atoms with van der Waals surface area (Å²) in [4.78, 5) is 0. The van der Waals surface area contributed by atoms with Crippen molar-refractivity contribution in [2.75, 3.05) is 10.8 Å². The van der Waals surface area contributed by atoms with Gasteiger partial charge in [-0.2, -0.15) is 0 Å². The first-order chi connectivity index (χ1) is 9.58. The minimum atomic E-state index is -3.40. The van der Waals surface area contributed by atoms with Gasteiger partial charge in [0.1, 0.15) is 0 Å². The van der Waals surface area contributed by atoms with Crippen molar-refractivity contribution in [3.63, 3.8) is 0 Å². The summed E-state index contributed by atoms with van der Waals surface area (Å²) < 4.78 is 26.7. The molecule has 0 spiro atoms. The van der Waals surface area contributed by atoms with Crippen molar-refractivity contribution in [1.82, 2.24) is 0 Å². The molecular formula is C15H14ClNO2S. The molecule has 0 atom stereocenters. The van der Waals surface area contributed by atoms with Gasteiger partial charge in [0.05, 0.1) is 11.4 Å². The van der Waals surface area contributed by atoms with Gasteiger partial charge >= 0.3 is 0 Å². The largest absolute Gasteiger partial charge is 0.269 e. The highest BCUT2D eigenvalue weighted by atomic mass is 35.5. The Labute approximate surface area is 123 Å². The second kappa shape index (κ2) is 5.11. The van der Waals surface area contributed by atoms with E-state index in [1.165, 1.54) is 4.31 Å². The number of nitrogens with zero attached hydrogens (tertiary/aromatic N) is 1. The fourth-order valence-electron chi connectivity index (χ4n) is 2.49. The second-order valence-electron chi connectivity index (χ2n) is 4.80. The van der Waals surface area contributed by atoms with Crippen LogP contribution in [0.15, 0.2) is 48.5 Å². The Kier molecular flexibility index (Phi) is 3.44. The Balaban J connectivity index is 1.93. The maximum Gasteiger partial charge on any atom is 0.239 e. The quantitative estimate of drug-likeness (QED) is 0.873. The standard InChI is InChI=1S/C15H14ClNO2S/c16-14-7-3-1-6-13(14)11-20(18,19)17-10-9-12-5-2-4-8-15(12)17/h1-8H,9-11H2. The number of hydrogen-bond acceptors (Lipinski definition) is 2. The van der Waals surface area contributed by atoms with E-state index in [-0.39, 0.29) is 5.75 Å². The summed E-state index contributed by atoms with van der Waals surface area (Å²) in [5, 5.41) is 0.489. The highest BCUT2D eigenvalue weighted by Crippen LogP contribution is 2.31. The van der Waals surface area contributed by atoms with Crippen molar-refractivity contribution in [2.24, 2.45) is 0 Å². The van der Waals surface area contributed by atoms with Crippen LogP contribution in [0.5, 0.6) is 0 Å². The summed E-state index contributed by atoms with van der Waals surface area (Å²) in [5.74, 6) is -0.0684. The lowest BCUT2D eigenvalue weighted by Gasteiger charge is -2.19. The van der Waals surface area contributed by atoms with Crippen molar-refractivity contribution >= 4 is 27.3 Å². The molecule has 5 heteroatoms. The average molecular weight is 308 g/mol. The summed E-state index contributed by atoms with van der Waals surface area (Å²) in [6.07, 6.45) is 0.762. The highest BCUT2D eigenvalue weighted by molar-refractivity contribution is 7.92. The van der Waals surface area contributed by atoms with E-state index in [1.54, 1.807) is 24.3 Å². The zero-order valence-electron chi connectivity index (χ0n) is 10.8. The van der Waals surface area contributed by atoms with E-state index in [0.29, 0.717) is 17.1 Å². The lowest BCUT2D eigenvalue weighted by molar-refractivity contribution is 0.591. The van der Waals surface area contributed by atoms with Gasteiger partial charge in [-0.15, -0.1) is 0 Å². The SMILES string of the molecule is O=S(=O)(Cc1ccccc1Cl)N1CCc2ccccc21. The Morgan fingerprint density at radius 2 is 1.75 bits per heavy atom. The summed E-state index contributed by atoms with van der Waals surface area (Å²) in [6, 6.07) is 14.7. The third-order valence-electron chi connectivity index (χ3n) is 3.48. The number of anilines is 1. The van der Waals surface area contributed by atoms with E-state index in [0.717, 1.165) is 17.7 Å². The molecule has 0 unspecified atom stereocenters. The molecule has 0 N–H and O–H groups in total. The Bertz CT molecular complexity index is 743. The molecule has 2 aromatic rings.